The van der Waals surface area contributed by atoms with Crippen LogP contribution in [0.5, 0.6) is 11.6 Å². The third kappa shape index (κ3) is 2.54. The number of ether oxygens (including phenoxy) is 1. The van der Waals surface area contributed by atoms with E-state index in [4.69, 9.17) is 4.74 Å². The first-order chi connectivity index (χ1) is 10.3. The van der Waals surface area contributed by atoms with Gasteiger partial charge in [0, 0.05) is 12.1 Å². The monoisotopic (exact) mass is 316 g/mol. The fraction of sp³-hybridized carbons (Fsp3) is 0.0833. The van der Waals surface area contributed by atoms with Gasteiger partial charge in [-0.1, -0.05) is 0 Å². The Bertz CT molecular complexity index is 845. The summed E-state index contributed by atoms with van der Waals surface area (Å²) < 4.78 is 69.5. The Hall–Kier alpha value is -2.78. The van der Waals surface area contributed by atoms with Crippen LogP contribution in [0, 0.1) is 11.6 Å². The van der Waals surface area contributed by atoms with Crippen LogP contribution in [0.2, 0.25) is 0 Å². The minimum absolute atomic E-state index is 0.118. The molecule has 3 aromatic rings. The van der Waals surface area contributed by atoms with Gasteiger partial charge in [0.25, 0.3) is 5.82 Å². The largest absolute Gasteiger partial charge is 0.453 e. The highest BCUT2D eigenvalue weighted by Crippen LogP contribution is 2.28. The number of halogens is 5. The number of rotatable bonds is 2. The molecule has 0 spiro atoms. The zero-order chi connectivity index (χ0) is 15.9. The van der Waals surface area contributed by atoms with E-state index >= 15 is 0 Å². The molecule has 2 aromatic heterocycles. The Morgan fingerprint density at radius 2 is 1.73 bits per heavy atom. The van der Waals surface area contributed by atoms with Crippen molar-refractivity contribution in [3.05, 3.63) is 47.8 Å². The highest BCUT2D eigenvalue weighted by atomic mass is 19.4. The van der Waals surface area contributed by atoms with Crippen LogP contribution in [0.3, 0.4) is 0 Å². The smallest absolute Gasteiger partial charge is 0.437 e. The number of aromatic nitrogens is 4. The van der Waals surface area contributed by atoms with Crippen molar-refractivity contribution >= 4 is 5.65 Å². The molecule has 0 radical (unpaired) electrons. The first-order valence-corrected chi connectivity index (χ1v) is 5.77. The van der Waals surface area contributed by atoms with Gasteiger partial charge in [-0.2, -0.15) is 17.7 Å². The zero-order valence-electron chi connectivity index (χ0n) is 10.5. The van der Waals surface area contributed by atoms with Crippen LogP contribution >= 0.6 is 0 Å². The Kier molecular flexibility index (Phi) is 3.15. The summed E-state index contributed by atoms with van der Waals surface area (Å²) in [5.41, 5.74) is -0.134. The predicted octanol–water partition coefficient (Wildman–Crippen LogP) is 3.21. The summed E-state index contributed by atoms with van der Waals surface area (Å²) in [6.07, 6.45) is -4.74. The maximum absolute atomic E-state index is 13.1. The van der Waals surface area contributed by atoms with Crippen molar-refractivity contribution in [1.82, 2.24) is 19.8 Å². The van der Waals surface area contributed by atoms with Crippen LogP contribution in [0.1, 0.15) is 5.82 Å². The average Bonchev–Trinajstić information content (AvgIpc) is 2.86. The van der Waals surface area contributed by atoms with E-state index < -0.39 is 23.6 Å². The molecule has 22 heavy (non-hydrogen) atoms. The number of hydrogen-bond donors (Lipinski definition) is 0. The minimum Gasteiger partial charge on any atom is -0.437 e. The number of hydrogen-bond acceptors (Lipinski definition) is 4. The van der Waals surface area contributed by atoms with Crippen LogP contribution in [-0.2, 0) is 6.18 Å². The van der Waals surface area contributed by atoms with E-state index in [1.54, 1.807) is 0 Å². The molecule has 1 aromatic carbocycles. The summed E-state index contributed by atoms with van der Waals surface area (Å²) in [4.78, 5) is 0. The number of fused-ring (bicyclic) bond motifs is 1. The molecule has 0 atom stereocenters. The van der Waals surface area contributed by atoms with E-state index in [0.717, 1.165) is 18.2 Å². The van der Waals surface area contributed by atoms with Crippen molar-refractivity contribution in [3.63, 3.8) is 0 Å². The molecule has 2 heterocycles. The van der Waals surface area contributed by atoms with Gasteiger partial charge in [0.05, 0.1) is 0 Å². The van der Waals surface area contributed by atoms with E-state index in [-0.39, 0.29) is 17.3 Å². The van der Waals surface area contributed by atoms with Gasteiger partial charge in [0.15, 0.2) is 17.3 Å². The Morgan fingerprint density at radius 3 is 2.41 bits per heavy atom. The highest BCUT2D eigenvalue weighted by Gasteiger charge is 2.37. The lowest BCUT2D eigenvalue weighted by Gasteiger charge is -2.06. The normalized spacial score (nSPS) is 11.9. The van der Waals surface area contributed by atoms with Crippen LogP contribution in [0.4, 0.5) is 22.0 Å². The SMILES string of the molecule is Fc1ccc(Oc2ccc3nnc(C(F)(F)F)n3n2)cc1F. The maximum atomic E-state index is 13.1. The lowest BCUT2D eigenvalue weighted by Crippen LogP contribution is -2.12. The third-order valence-corrected chi connectivity index (χ3v) is 2.61. The van der Waals surface area contributed by atoms with Crippen LogP contribution in [0.25, 0.3) is 5.65 Å². The lowest BCUT2D eigenvalue weighted by molar-refractivity contribution is -0.146. The lowest BCUT2D eigenvalue weighted by atomic mass is 10.3. The summed E-state index contributed by atoms with van der Waals surface area (Å²) in [6.45, 7) is 0. The molecule has 3 rings (SSSR count). The predicted molar refractivity (Wildman–Crippen MR) is 62.2 cm³/mol. The van der Waals surface area contributed by atoms with Gasteiger partial charge in [-0.05, 0) is 18.2 Å². The van der Waals surface area contributed by atoms with E-state index in [2.05, 4.69) is 15.3 Å². The molecular formula is C12H5F5N4O. The fourth-order valence-corrected chi connectivity index (χ4v) is 1.66. The molecule has 114 valence electrons. The van der Waals surface area contributed by atoms with Gasteiger partial charge in [-0.15, -0.1) is 15.3 Å². The van der Waals surface area contributed by atoms with Crippen molar-refractivity contribution in [2.45, 2.75) is 6.18 Å². The summed E-state index contributed by atoms with van der Waals surface area (Å²) >= 11 is 0. The first-order valence-electron chi connectivity index (χ1n) is 5.77. The molecule has 0 aliphatic heterocycles. The van der Waals surface area contributed by atoms with E-state index in [9.17, 15) is 22.0 Å². The van der Waals surface area contributed by atoms with Crippen LogP contribution in [0.15, 0.2) is 30.3 Å². The molecule has 10 heteroatoms. The second-order valence-electron chi connectivity index (χ2n) is 4.14. The summed E-state index contributed by atoms with van der Waals surface area (Å²) in [6, 6.07) is 5.11. The fourth-order valence-electron chi connectivity index (χ4n) is 1.66. The van der Waals surface area contributed by atoms with Gasteiger partial charge >= 0.3 is 6.18 Å². The summed E-state index contributed by atoms with van der Waals surface area (Å²) in [5, 5.41) is 9.91. The molecule has 0 fully saturated rings. The molecule has 0 aliphatic rings. The van der Waals surface area contributed by atoms with E-state index in [1.807, 2.05) is 0 Å². The number of nitrogens with zero attached hydrogens (tertiary/aromatic N) is 4. The molecule has 0 saturated carbocycles. The van der Waals surface area contributed by atoms with E-state index in [0.29, 0.717) is 4.52 Å². The second-order valence-corrected chi connectivity index (χ2v) is 4.14. The van der Waals surface area contributed by atoms with Crippen LogP contribution < -0.4 is 4.74 Å². The zero-order valence-corrected chi connectivity index (χ0v) is 10.5. The van der Waals surface area contributed by atoms with Crippen molar-refractivity contribution in [1.29, 1.82) is 0 Å². The first kappa shape index (κ1) is 14.2. The quantitative estimate of drug-likeness (QED) is 0.681. The van der Waals surface area contributed by atoms with Crippen molar-refractivity contribution in [3.8, 4) is 11.6 Å². The van der Waals surface area contributed by atoms with Crippen molar-refractivity contribution in [2.75, 3.05) is 0 Å². The topological polar surface area (TPSA) is 52.3 Å². The maximum Gasteiger partial charge on any atom is 0.453 e. The molecule has 0 bridgehead atoms. The summed E-state index contributed by atoms with van der Waals surface area (Å²) in [7, 11) is 0. The minimum atomic E-state index is -4.74. The molecule has 0 N–H and O–H groups in total. The molecule has 5 nitrogen and oxygen atoms in total. The Morgan fingerprint density at radius 1 is 0.955 bits per heavy atom. The van der Waals surface area contributed by atoms with Crippen molar-refractivity contribution in [2.24, 2.45) is 0 Å². The second kappa shape index (κ2) is 4.90. The molecule has 0 unspecified atom stereocenters. The molecule has 0 amide bonds. The van der Waals surface area contributed by atoms with Gasteiger partial charge in [0.1, 0.15) is 5.75 Å². The van der Waals surface area contributed by atoms with Gasteiger partial charge < -0.3 is 4.74 Å². The molecule has 0 aliphatic carbocycles. The Balaban J connectivity index is 1.99. The van der Waals surface area contributed by atoms with Gasteiger partial charge in [-0.3, -0.25) is 0 Å². The molecule has 0 saturated heterocycles. The van der Waals surface area contributed by atoms with Crippen LogP contribution in [-0.4, -0.2) is 19.8 Å². The standard InChI is InChI=1S/C12H5F5N4O/c13-7-2-1-6(5-8(7)14)22-10-4-3-9-18-19-11(12(15,16)17)21(9)20-10/h1-5H. The third-order valence-electron chi connectivity index (χ3n) is 2.61. The van der Waals surface area contributed by atoms with E-state index in [1.165, 1.54) is 12.1 Å². The van der Waals surface area contributed by atoms with Crippen molar-refractivity contribution < 1.29 is 26.7 Å². The van der Waals surface area contributed by atoms with Gasteiger partial charge in [-0.25, -0.2) is 8.78 Å². The summed E-state index contributed by atoms with van der Waals surface area (Å²) in [5.74, 6) is -3.93. The molecular weight excluding hydrogens is 311 g/mol. The Labute approximate surface area is 119 Å². The highest BCUT2D eigenvalue weighted by molar-refractivity contribution is 5.39. The van der Waals surface area contributed by atoms with Gasteiger partial charge in [0.2, 0.25) is 5.88 Å². The number of benzene rings is 1. The number of alkyl halides is 3. The average molecular weight is 316 g/mol.